The lowest BCUT2D eigenvalue weighted by Crippen LogP contribution is -2.41. The average molecular weight is 908 g/mol. The molecule has 4 aliphatic rings. The number of benzene rings is 10. The van der Waals surface area contributed by atoms with Gasteiger partial charge < -0.3 is 14.6 Å². The molecule has 0 saturated carbocycles. The first-order valence-corrected chi connectivity index (χ1v) is 25.0. The fraction of sp³-hybridized carbons (Fsp3) is 0.104. The molecule has 71 heavy (non-hydrogen) atoms. The number of anilines is 5. The maximum absolute atomic E-state index is 6.81. The monoisotopic (exact) mass is 907 g/mol. The third-order valence-corrected chi connectivity index (χ3v) is 16.4. The first-order valence-electron chi connectivity index (χ1n) is 25.0. The molecule has 4 heteroatoms. The van der Waals surface area contributed by atoms with E-state index in [0.29, 0.717) is 0 Å². The summed E-state index contributed by atoms with van der Waals surface area (Å²) in [6.07, 6.45) is 5.43. The van der Waals surface area contributed by atoms with Crippen LogP contribution in [0.5, 0.6) is 0 Å². The lowest BCUT2D eigenvalue weighted by Gasteiger charge is -2.37. The van der Waals surface area contributed by atoms with Gasteiger partial charge >= 0.3 is 0 Å². The van der Waals surface area contributed by atoms with E-state index >= 15 is 0 Å². The first kappa shape index (κ1) is 40.5. The van der Waals surface area contributed by atoms with Gasteiger partial charge in [-0.05, 0) is 144 Å². The van der Waals surface area contributed by atoms with Crippen molar-refractivity contribution in [2.45, 2.75) is 44.9 Å². The Balaban J connectivity index is 1.00. The molecule has 0 spiro atoms. The molecule has 10 aromatic carbocycles. The van der Waals surface area contributed by atoms with Gasteiger partial charge in [0.15, 0.2) is 7.28 Å². The van der Waals surface area contributed by atoms with Gasteiger partial charge in [-0.15, -0.1) is 0 Å². The molecule has 1 radical (unpaired) electrons. The highest BCUT2D eigenvalue weighted by Crippen LogP contribution is 2.54. The van der Waals surface area contributed by atoms with E-state index in [2.05, 4.69) is 245 Å². The number of nitrogens with zero attached hydrogens (tertiary/aromatic N) is 1. The number of hydrogen-bond acceptors (Lipinski definition) is 3. The second kappa shape index (κ2) is 14.6. The number of furan rings is 1. The lowest BCUT2D eigenvalue weighted by molar-refractivity contribution is 0.660. The molecule has 1 aromatic heterocycles. The summed E-state index contributed by atoms with van der Waals surface area (Å²) in [5.74, 6) is 0. The fourth-order valence-corrected chi connectivity index (χ4v) is 12.8. The number of rotatable bonds is 5. The van der Waals surface area contributed by atoms with E-state index in [9.17, 15) is 0 Å². The van der Waals surface area contributed by atoms with Crippen molar-refractivity contribution in [2.24, 2.45) is 0 Å². The molecule has 0 unspecified atom stereocenters. The molecule has 0 saturated heterocycles. The van der Waals surface area contributed by atoms with Gasteiger partial charge in [0.05, 0.1) is 5.69 Å². The van der Waals surface area contributed by atoms with Crippen LogP contribution >= 0.6 is 0 Å². The van der Waals surface area contributed by atoms with Crippen molar-refractivity contribution in [1.82, 2.24) is 0 Å². The standard InChI is InChI=1S/C67H48BN2O/c1-66(2)55-23-12-10-21-47(55)49-34-45(29-30-57(49)66)70-61-36-50-48-22-11-13-24-56(48)67(3,4)58(50)37-59(61)68-64-54(32-43-17-8-9-20-46(43)65(64)70)51-35-53-52-31-41-18-14-19-42(41)33-62(52)71-63(53)38-60(51)69-44-27-25-40(26-28-44)39-15-6-5-7-16-39/h5-18,20-38,69H,19H2,1-4H3. The van der Waals surface area contributed by atoms with Crippen molar-refractivity contribution >= 4 is 85.4 Å². The summed E-state index contributed by atoms with van der Waals surface area (Å²) in [6, 6.07) is 70.2. The maximum atomic E-state index is 6.81. The largest absolute Gasteiger partial charge is 0.456 e. The molecule has 0 amide bonds. The Hall–Kier alpha value is -8.34. The van der Waals surface area contributed by atoms with Gasteiger partial charge in [-0.1, -0.05) is 173 Å². The van der Waals surface area contributed by atoms with E-state index in [4.69, 9.17) is 4.42 Å². The van der Waals surface area contributed by atoms with E-state index < -0.39 is 0 Å². The van der Waals surface area contributed by atoms with Crippen LogP contribution in [0, 0.1) is 0 Å². The van der Waals surface area contributed by atoms with Crippen molar-refractivity contribution in [3.8, 4) is 44.5 Å². The summed E-state index contributed by atoms with van der Waals surface area (Å²) in [5.41, 5.74) is 27.4. The molecule has 11 aromatic rings. The summed E-state index contributed by atoms with van der Waals surface area (Å²) in [4.78, 5) is 2.59. The Morgan fingerprint density at radius 3 is 1.97 bits per heavy atom. The Kier molecular flexibility index (Phi) is 8.34. The summed E-state index contributed by atoms with van der Waals surface area (Å²) >= 11 is 0. The predicted octanol–water partition coefficient (Wildman–Crippen LogP) is 16.4. The van der Waals surface area contributed by atoms with E-state index in [1.54, 1.807) is 0 Å². The molecule has 2 heterocycles. The zero-order valence-corrected chi connectivity index (χ0v) is 40.2. The molecule has 0 atom stereocenters. The molecule has 1 aliphatic heterocycles. The van der Waals surface area contributed by atoms with Gasteiger partial charge in [0.2, 0.25) is 0 Å². The minimum absolute atomic E-state index is 0.108. The topological polar surface area (TPSA) is 28.4 Å². The van der Waals surface area contributed by atoms with E-state index in [1.807, 2.05) is 0 Å². The number of allylic oxidation sites excluding steroid dienone is 1. The maximum Gasteiger partial charge on any atom is 0.197 e. The highest BCUT2D eigenvalue weighted by atomic mass is 16.3. The lowest BCUT2D eigenvalue weighted by atomic mass is 9.57. The van der Waals surface area contributed by atoms with Crippen LogP contribution in [-0.4, -0.2) is 7.28 Å². The van der Waals surface area contributed by atoms with Gasteiger partial charge in [0.1, 0.15) is 11.2 Å². The quantitative estimate of drug-likeness (QED) is 0.174. The Labute approximate surface area is 415 Å². The smallest absolute Gasteiger partial charge is 0.197 e. The molecular weight excluding hydrogens is 860 g/mol. The van der Waals surface area contributed by atoms with Crippen LogP contribution in [0.3, 0.4) is 0 Å². The van der Waals surface area contributed by atoms with Gasteiger partial charge in [-0.25, -0.2) is 0 Å². The Morgan fingerprint density at radius 2 is 1.17 bits per heavy atom. The van der Waals surface area contributed by atoms with Gasteiger partial charge in [-0.2, -0.15) is 0 Å². The first-order chi connectivity index (χ1) is 34.7. The summed E-state index contributed by atoms with van der Waals surface area (Å²) < 4.78 is 6.81. The average Bonchev–Trinajstić information content (AvgIpc) is 4.13. The van der Waals surface area contributed by atoms with Crippen LogP contribution in [0.25, 0.3) is 83.3 Å². The van der Waals surface area contributed by atoms with Crippen molar-refractivity contribution in [3.05, 3.63) is 228 Å². The van der Waals surface area contributed by atoms with Crippen molar-refractivity contribution in [1.29, 1.82) is 0 Å². The summed E-state index contributed by atoms with van der Waals surface area (Å²) in [5, 5.41) is 8.58. The van der Waals surface area contributed by atoms with Crippen LogP contribution < -0.4 is 21.1 Å². The molecule has 335 valence electrons. The molecule has 3 nitrogen and oxygen atoms in total. The third-order valence-electron chi connectivity index (χ3n) is 16.4. The SMILES string of the molecule is CC1(C)c2ccccc2-c2cc(N3c4cc5c(cc4[B]c4c(-c6cc7c(cc6Nc6ccc(-c8ccccc8)cc6)oc6cc8c(cc67)C=CC8)cc6ccccc6c43)C(C)(C)c3ccccc3-5)ccc21. The van der Waals surface area contributed by atoms with Gasteiger partial charge in [0.25, 0.3) is 0 Å². The van der Waals surface area contributed by atoms with Gasteiger partial charge in [0, 0.05) is 61.4 Å². The summed E-state index contributed by atoms with van der Waals surface area (Å²) in [6.45, 7) is 9.51. The van der Waals surface area contributed by atoms with Crippen molar-refractivity contribution < 1.29 is 4.42 Å². The number of hydrogen-bond donors (Lipinski definition) is 1. The van der Waals surface area contributed by atoms with E-state index in [1.165, 1.54) is 99.8 Å². The third kappa shape index (κ3) is 5.85. The van der Waals surface area contributed by atoms with Crippen LogP contribution in [0.1, 0.15) is 61.1 Å². The van der Waals surface area contributed by atoms with Crippen LogP contribution in [0.15, 0.2) is 199 Å². The number of fused-ring (bicyclic) bond motifs is 14. The van der Waals surface area contributed by atoms with E-state index in [0.717, 1.165) is 56.5 Å². The second-order valence-electron chi connectivity index (χ2n) is 21.1. The highest BCUT2D eigenvalue weighted by Gasteiger charge is 2.40. The summed E-state index contributed by atoms with van der Waals surface area (Å²) in [7, 11) is 2.49. The minimum atomic E-state index is -0.162. The molecule has 15 rings (SSSR count). The van der Waals surface area contributed by atoms with Crippen LogP contribution in [0.4, 0.5) is 28.4 Å². The Morgan fingerprint density at radius 1 is 0.507 bits per heavy atom. The molecule has 0 fully saturated rings. The Bertz CT molecular complexity index is 4140. The van der Waals surface area contributed by atoms with Crippen LogP contribution in [0.2, 0.25) is 0 Å². The molecular formula is C67H48BN2O. The predicted molar refractivity (Wildman–Crippen MR) is 299 cm³/mol. The van der Waals surface area contributed by atoms with Crippen LogP contribution in [-0.2, 0) is 17.3 Å². The second-order valence-corrected chi connectivity index (χ2v) is 21.1. The molecule has 3 aliphatic carbocycles. The van der Waals surface area contributed by atoms with Crippen molar-refractivity contribution in [3.63, 3.8) is 0 Å². The highest BCUT2D eigenvalue weighted by molar-refractivity contribution is 6.74. The minimum Gasteiger partial charge on any atom is -0.456 e. The normalized spacial score (nSPS) is 15.0. The van der Waals surface area contributed by atoms with Crippen molar-refractivity contribution in [2.75, 3.05) is 10.2 Å². The zero-order chi connectivity index (χ0) is 47.3. The number of nitrogens with one attached hydrogen (secondary N) is 1. The van der Waals surface area contributed by atoms with E-state index in [-0.39, 0.29) is 10.8 Å². The molecule has 1 N–H and O–H groups in total. The molecule has 0 bridgehead atoms. The van der Waals surface area contributed by atoms with Gasteiger partial charge in [-0.3, -0.25) is 0 Å². The zero-order valence-electron chi connectivity index (χ0n) is 40.2. The fourth-order valence-electron chi connectivity index (χ4n) is 12.8.